The van der Waals surface area contributed by atoms with Gasteiger partial charge in [0.1, 0.15) is 0 Å². The molecule has 7 heteroatoms. The molecular formula is C25H43N5O2. The molecule has 6 N–H and O–H groups in total. The monoisotopic (exact) mass is 445 g/mol. The van der Waals surface area contributed by atoms with Crippen LogP contribution in [0.5, 0.6) is 0 Å². The van der Waals surface area contributed by atoms with E-state index in [1.807, 2.05) is 0 Å². The van der Waals surface area contributed by atoms with E-state index in [1.165, 1.54) is 12.8 Å². The fraction of sp³-hybridized carbons (Fsp3) is 0.880. The summed E-state index contributed by atoms with van der Waals surface area (Å²) in [5.74, 6) is 2.31. The van der Waals surface area contributed by atoms with E-state index in [9.17, 15) is 9.59 Å². The summed E-state index contributed by atoms with van der Waals surface area (Å²) < 4.78 is 0. The molecular weight excluding hydrogens is 402 g/mol. The van der Waals surface area contributed by atoms with E-state index in [0.717, 1.165) is 76.7 Å². The summed E-state index contributed by atoms with van der Waals surface area (Å²) in [7, 11) is 0. The molecule has 0 bridgehead atoms. The highest BCUT2D eigenvalue weighted by atomic mass is 16.2. The zero-order valence-electron chi connectivity index (χ0n) is 19.7. The SMILES string of the molecule is CC1CCC(NC(=O)C2CC3CCC(C(=N)N)CC3N2CC2CCC(C(N)=O)CC2)CC1. The molecule has 0 aromatic carbocycles. The number of carbonyl (C=O) groups excluding carboxylic acids is 2. The fourth-order valence-corrected chi connectivity index (χ4v) is 6.98. The topological polar surface area (TPSA) is 125 Å². The molecule has 3 saturated carbocycles. The zero-order valence-corrected chi connectivity index (χ0v) is 19.7. The van der Waals surface area contributed by atoms with Crippen molar-refractivity contribution >= 4 is 17.6 Å². The molecule has 2 amide bonds. The average molecular weight is 446 g/mol. The molecule has 4 aliphatic rings. The van der Waals surface area contributed by atoms with E-state index >= 15 is 0 Å². The highest BCUT2D eigenvalue weighted by Crippen LogP contribution is 2.43. The maximum Gasteiger partial charge on any atom is 0.237 e. The van der Waals surface area contributed by atoms with Crippen molar-refractivity contribution in [2.45, 2.75) is 102 Å². The summed E-state index contributed by atoms with van der Waals surface area (Å²) in [6, 6.07) is 0.594. The molecule has 4 rings (SSSR count). The Morgan fingerprint density at radius 3 is 2.19 bits per heavy atom. The molecule has 4 unspecified atom stereocenters. The minimum absolute atomic E-state index is 0.0159. The fourth-order valence-electron chi connectivity index (χ4n) is 6.98. The molecule has 32 heavy (non-hydrogen) atoms. The largest absolute Gasteiger partial charge is 0.387 e. The Balaban J connectivity index is 1.43. The van der Waals surface area contributed by atoms with Crippen LogP contribution in [0, 0.1) is 35.0 Å². The lowest BCUT2D eigenvalue weighted by atomic mass is 9.77. The van der Waals surface area contributed by atoms with Gasteiger partial charge in [0.15, 0.2) is 0 Å². The van der Waals surface area contributed by atoms with Crippen LogP contribution < -0.4 is 16.8 Å². The highest BCUT2D eigenvalue weighted by molar-refractivity contribution is 5.83. The van der Waals surface area contributed by atoms with Crippen molar-refractivity contribution in [1.29, 1.82) is 5.41 Å². The molecule has 4 fully saturated rings. The number of nitrogens with zero attached hydrogens (tertiary/aromatic N) is 1. The summed E-state index contributed by atoms with van der Waals surface area (Å²) in [4.78, 5) is 27.5. The lowest BCUT2D eigenvalue weighted by Crippen LogP contribution is -2.52. The van der Waals surface area contributed by atoms with Gasteiger partial charge in [-0.05, 0) is 94.8 Å². The summed E-state index contributed by atoms with van der Waals surface area (Å²) in [5.41, 5.74) is 11.4. The summed E-state index contributed by atoms with van der Waals surface area (Å²) >= 11 is 0. The van der Waals surface area contributed by atoms with Crippen LogP contribution in [0.25, 0.3) is 0 Å². The number of carbonyl (C=O) groups is 2. The maximum atomic E-state index is 13.5. The van der Waals surface area contributed by atoms with E-state index in [2.05, 4.69) is 17.1 Å². The van der Waals surface area contributed by atoms with Crippen molar-refractivity contribution in [3.05, 3.63) is 0 Å². The van der Waals surface area contributed by atoms with E-state index in [4.69, 9.17) is 16.9 Å². The first kappa shape index (κ1) is 23.5. The van der Waals surface area contributed by atoms with Gasteiger partial charge >= 0.3 is 0 Å². The molecule has 0 radical (unpaired) electrons. The van der Waals surface area contributed by atoms with Gasteiger partial charge in [-0.1, -0.05) is 6.92 Å². The Morgan fingerprint density at radius 1 is 0.906 bits per heavy atom. The van der Waals surface area contributed by atoms with Gasteiger partial charge in [-0.25, -0.2) is 0 Å². The molecule has 4 atom stereocenters. The molecule has 0 spiro atoms. The Labute approximate surface area is 192 Å². The lowest BCUT2D eigenvalue weighted by molar-refractivity contribution is -0.127. The van der Waals surface area contributed by atoms with E-state index < -0.39 is 0 Å². The smallest absolute Gasteiger partial charge is 0.237 e. The van der Waals surface area contributed by atoms with Crippen molar-refractivity contribution in [1.82, 2.24) is 10.2 Å². The second kappa shape index (κ2) is 10.1. The van der Waals surface area contributed by atoms with Crippen molar-refractivity contribution in [2.75, 3.05) is 6.54 Å². The highest BCUT2D eigenvalue weighted by Gasteiger charge is 2.48. The summed E-state index contributed by atoms with van der Waals surface area (Å²) in [6.45, 7) is 3.22. The number of rotatable bonds is 6. The Bertz CT molecular complexity index is 696. The normalized spacial score (nSPS) is 40.4. The van der Waals surface area contributed by atoms with Gasteiger partial charge in [0.25, 0.3) is 0 Å². The van der Waals surface area contributed by atoms with Crippen LogP contribution >= 0.6 is 0 Å². The Kier molecular flexibility index (Phi) is 7.43. The van der Waals surface area contributed by atoms with Gasteiger partial charge in [-0.15, -0.1) is 0 Å². The number of amides is 2. The van der Waals surface area contributed by atoms with E-state index in [-0.39, 0.29) is 29.7 Å². The Morgan fingerprint density at radius 2 is 1.56 bits per heavy atom. The van der Waals surface area contributed by atoms with Crippen LogP contribution in [-0.2, 0) is 9.59 Å². The number of primary amides is 1. The third-order valence-electron chi connectivity index (χ3n) is 9.13. The third kappa shape index (κ3) is 5.29. The van der Waals surface area contributed by atoms with Crippen LogP contribution in [0.4, 0.5) is 0 Å². The number of amidine groups is 1. The molecule has 1 heterocycles. The predicted octanol–water partition coefficient (Wildman–Crippen LogP) is 2.77. The van der Waals surface area contributed by atoms with Crippen LogP contribution in [0.1, 0.15) is 84.0 Å². The van der Waals surface area contributed by atoms with Gasteiger partial charge in [0, 0.05) is 30.5 Å². The van der Waals surface area contributed by atoms with Crippen LogP contribution in [0.3, 0.4) is 0 Å². The lowest BCUT2D eigenvalue weighted by Gasteiger charge is -2.40. The standard InChI is InChI=1S/C25H43N5O2/c1-15-2-10-20(11-3-15)29-25(32)22-12-18-8-9-19(23(26)27)13-21(18)30(22)14-16-4-6-17(7-5-16)24(28)31/h15-22H,2-14H2,1H3,(H3,26,27)(H2,28,31)(H,29,32). The number of nitrogens with one attached hydrogen (secondary N) is 2. The van der Waals surface area contributed by atoms with Crippen LogP contribution in [-0.4, -0.2) is 47.2 Å². The summed E-state index contributed by atoms with van der Waals surface area (Å²) in [6.07, 6.45) is 12.2. The molecule has 0 aromatic heterocycles. The zero-order chi connectivity index (χ0) is 22.8. The molecule has 7 nitrogen and oxygen atoms in total. The van der Waals surface area contributed by atoms with Gasteiger partial charge in [0.05, 0.1) is 11.9 Å². The first-order valence-electron chi connectivity index (χ1n) is 13.0. The van der Waals surface area contributed by atoms with Crippen molar-refractivity contribution in [3.63, 3.8) is 0 Å². The average Bonchev–Trinajstić information content (AvgIpc) is 3.13. The molecule has 0 aromatic rings. The number of likely N-dealkylation sites (tertiary alicyclic amines) is 1. The van der Waals surface area contributed by atoms with E-state index in [1.54, 1.807) is 0 Å². The van der Waals surface area contributed by atoms with Crippen molar-refractivity contribution < 1.29 is 9.59 Å². The molecule has 1 saturated heterocycles. The number of fused-ring (bicyclic) bond motifs is 1. The van der Waals surface area contributed by atoms with Gasteiger partial charge < -0.3 is 16.8 Å². The van der Waals surface area contributed by atoms with Crippen LogP contribution in [0.2, 0.25) is 0 Å². The predicted molar refractivity (Wildman–Crippen MR) is 126 cm³/mol. The number of hydrogen-bond donors (Lipinski definition) is 4. The number of hydrogen-bond acceptors (Lipinski definition) is 4. The maximum absolute atomic E-state index is 13.5. The second-order valence-corrected chi connectivity index (χ2v) is 11.3. The summed E-state index contributed by atoms with van der Waals surface area (Å²) in [5, 5.41) is 11.4. The molecule has 1 aliphatic heterocycles. The minimum Gasteiger partial charge on any atom is -0.387 e. The first-order valence-corrected chi connectivity index (χ1v) is 13.0. The minimum atomic E-state index is -0.166. The first-order chi connectivity index (χ1) is 15.3. The van der Waals surface area contributed by atoms with Crippen molar-refractivity contribution in [2.24, 2.45) is 41.1 Å². The molecule has 180 valence electrons. The van der Waals surface area contributed by atoms with Crippen molar-refractivity contribution in [3.8, 4) is 0 Å². The van der Waals surface area contributed by atoms with Crippen LogP contribution in [0.15, 0.2) is 0 Å². The van der Waals surface area contributed by atoms with E-state index in [0.29, 0.717) is 29.8 Å². The van der Waals surface area contributed by atoms with Gasteiger partial charge in [0.2, 0.25) is 11.8 Å². The number of nitrogens with two attached hydrogens (primary N) is 2. The quantitative estimate of drug-likeness (QED) is 0.370. The second-order valence-electron chi connectivity index (χ2n) is 11.3. The van der Waals surface area contributed by atoms with Gasteiger partial charge in [-0.3, -0.25) is 19.9 Å². The Hall–Kier alpha value is -1.63. The van der Waals surface area contributed by atoms with Gasteiger partial charge in [-0.2, -0.15) is 0 Å². The molecule has 3 aliphatic carbocycles. The third-order valence-corrected chi connectivity index (χ3v) is 9.13.